The van der Waals surface area contributed by atoms with Gasteiger partial charge in [0, 0.05) is 13.0 Å². The van der Waals surface area contributed by atoms with Crippen molar-refractivity contribution in [2.24, 2.45) is 0 Å². The van der Waals surface area contributed by atoms with Gasteiger partial charge in [0.05, 0.1) is 10.5 Å². The molecule has 3 nitrogen and oxygen atoms in total. The second-order valence-corrected chi connectivity index (χ2v) is 3.91. The molecular formula is C11H13ClN2O. The van der Waals surface area contributed by atoms with Crippen LogP contribution in [-0.2, 0) is 6.42 Å². The molecule has 0 aliphatic heterocycles. The molecule has 0 aliphatic rings. The van der Waals surface area contributed by atoms with Gasteiger partial charge in [0.2, 0.25) is 0 Å². The lowest BCUT2D eigenvalue weighted by molar-refractivity contribution is 0.284. The van der Waals surface area contributed by atoms with E-state index in [4.69, 9.17) is 16.7 Å². The number of aromatic amines is 1. The third-order valence-electron chi connectivity index (χ3n) is 2.33. The zero-order valence-electron chi connectivity index (χ0n) is 8.33. The van der Waals surface area contributed by atoms with E-state index in [9.17, 15) is 0 Å². The molecule has 0 atom stereocenters. The van der Waals surface area contributed by atoms with Crippen LogP contribution in [0.5, 0.6) is 0 Å². The molecule has 1 aromatic heterocycles. The fourth-order valence-electron chi connectivity index (χ4n) is 1.57. The van der Waals surface area contributed by atoms with E-state index >= 15 is 0 Å². The lowest BCUT2D eigenvalue weighted by atomic mass is 10.2. The normalized spacial score (nSPS) is 11.1. The topological polar surface area (TPSA) is 48.9 Å². The largest absolute Gasteiger partial charge is 0.396 e. The molecule has 4 heteroatoms. The van der Waals surface area contributed by atoms with Crippen LogP contribution in [0.2, 0.25) is 5.02 Å². The number of H-pyrrole nitrogens is 1. The minimum Gasteiger partial charge on any atom is -0.396 e. The van der Waals surface area contributed by atoms with Crippen LogP contribution in [0.4, 0.5) is 0 Å². The van der Waals surface area contributed by atoms with Gasteiger partial charge in [-0.3, -0.25) is 0 Å². The second kappa shape index (κ2) is 4.64. The van der Waals surface area contributed by atoms with Gasteiger partial charge >= 0.3 is 0 Å². The summed E-state index contributed by atoms with van der Waals surface area (Å²) >= 11 is 6.01. The van der Waals surface area contributed by atoms with Crippen LogP contribution in [0.25, 0.3) is 11.0 Å². The molecule has 15 heavy (non-hydrogen) atoms. The van der Waals surface area contributed by atoms with Crippen LogP contribution < -0.4 is 0 Å². The fourth-order valence-corrected chi connectivity index (χ4v) is 1.79. The van der Waals surface area contributed by atoms with Crippen molar-refractivity contribution < 1.29 is 5.11 Å². The Morgan fingerprint density at radius 3 is 2.93 bits per heavy atom. The van der Waals surface area contributed by atoms with Crippen LogP contribution in [0.15, 0.2) is 18.2 Å². The molecule has 0 radical (unpaired) electrons. The van der Waals surface area contributed by atoms with Crippen LogP contribution in [0, 0.1) is 0 Å². The van der Waals surface area contributed by atoms with Gasteiger partial charge in [-0.05, 0) is 25.0 Å². The van der Waals surface area contributed by atoms with E-state index in [2.05, 4.69) is 9.97 Å². The van der Waals surface area contributed by atoms with E-state index in [0.29, 0.717) is 5.02 Å². The standard InChI is InChI=1S/C11H13ClN2O/c12-8-4-3-5-9-11(8)14-10(13-9)6-1-2-7-15/h3-5,15H,1-2,6-7H2,(H,13,14). The van der Waals surface area contributed by atoms with Gasteiger partial charge < -0.3 is 10.1 Å². The van der Waals surface area contributed by atoms with Crippen molar-refractivity contribution in [2.75, 3.05) is 6.61 Å². The number of hydrogen-bond acceptors (Lipinski definition) is 2. The van der Waals surface area contributed by atoms with Gasteiger partial charge in [-0.2, -0.15) is 0 Å². The van der Waals surface area contributed by atoms with Crippen LogP contribution in [0.1, 0.15) is 18.7 Å². The Morgan fingerprint density at radius 1 is 1.33 bits per heavy atom. The summed E-state index contributed by atoms with van der Waals surface area (Å²) in [5, 5.41) is 9.35. The maximum atomic E-state index is 8.68. The number of hydrogen-bond donors (Lipinski definition) is 2. The molecule has 2 N–H and O–H groups in total. The molecule has 0 saturated heterocycles. The van der Waals surface area contributed by atoms with E-state index in [0.717, 1.165) is 36.1 Å². The number of para-hydroxylation sites is 1. The Labute approximate surface area is 93.1 Å². The van der Waals surface area contributed by atoms with E-state index in [-0.39, 0.29) is 6.61 Å². The van der Waals surface area contributed by atoms with Crippen LogP contribution in [0.3, 0.4) is 0 Å². The van der Waals surface area contributed by atoms with Gasteiger partial charge in [-0.15, -0.1) is 0 Å². The Bertz CT molecular complexity index is 453. The number of aliphatic hydroxyl groups excluding tert-OH is 1. The maximum Gasteiger partial charge on any atom is 0.107 e. The van der Waals surface area contributed by atoms with Crippen molar-refractivity contribution in [2.45, 2.75) is 19.3 Å². The lowest BCUT2D eigenvalue weighted by Gasteiger charge is -1.93. The Morgan fingerprint density at radius 2 is 2.20 bits per heavy atom. The Balaban J connectivity index is 2.20. The summed E-state index contributed by atoms with van der Waals surface area (Å²) in [6, 6.07) is 5.70. The molecule has 0 unspecified atom stereocenters. The zero-order chi connectivity index (χ0) is 10.7. The molecular weight excluding hydrogens is 212 g/mol. The highest BCUT2D eigenvalue weighted by Crippen LogP contribution is 2.21. The SMILES string of the molecule is OCCCCc1nc2c(Cl)cccc2[nH]1. The number of aromatic nitrogens is 2. The molecule has 80 valence electrons. The fraction of sp³-hybridized carbons (Fsp3) is 0.364. The van der Waals surface area contributed by atoms with E-state index in [1.165, 1.54) is 0 Å². The first kappa shape index (κ1) is 10.5. The van der Waals surface area contributed by atoms with E-state index < -0.39 is 0 Å². The van der Waals surface area contributed by atoms with Crippen molar-refractivity contribution in [3.8, 4) is 0 Å². The summed E-state index contributed by atoms with van der Waals surface area (Å²) in [4.78, 5) is 7.63. The monoisotopic (exact) mass is 224 g/mol. The predicted octanol–water partition coefficient (Wildman–Crippen LogP) is 2.53. The summed E-state index contributed by atoms with van der Waals surface area (Å²) in [6.07, 6.45) is 2.60. The molecule has 2 aromatic rings. The summed E-state index contributed by atoms with van der Waals surface area (Å²) in [5.74, 6) is 0.937. The number of nitrogens with zero attached hydrogens (tertiary/aromatic N) is 1. The molecule has 0 aliphatic carbocycles. The molecule has 0 spiro atoms. The van der Waals surface area contributed by atoms with Gasteiger partial charge in [-0.1, -0.05) is 17.7 Å². The summed E-state index contributed by atoms with van der Waals surface area (Å²) in [7, 11) is 0. The third-order valence-corrected chi connectivity index (χ3v) is 2.64. The zero-order valence-corrected chi connectivity index (χ0v) is 9.09. The predicted molar refractivity (Wildman–Crippen MR) is 61.1 cm³/mol. The smallest absolute Gasteiger partial charge is 0.107 e. The number of fused-ring (bicyclic) bond motifs is 1. The number of unbranched alkanes of at least 4 members (excludes halogenated alkanes) is 1. The number of imidazole rings is 1. The number of aryl methyl sites for hydroxylation is 1. The molecule has 0 bridgehead atoms. The maximum absolute atomic E-state index is 8.68. The third kappa shape index (κ3) is 2.30. The first-order chi connectivity index (χ1) is 7.31. The Hall–Kier alpha value is -1.06. The highest BCUT2D eigenvalue weighted by Gasteiger charge is 2.04. The van der Waals surface area contributed by atoms with E-state index in [1.54, 1.807) is 0 Å². The van der Waals surface area contributed by atoms with Gasteiger partial charge in [-0.25, -0.2) is 4.98 Å². The number of halogens is 1. The molecule has 1 aromatic carbocycles. The van der Waals surface area contributed by atoms with E-state index in [1.807, 2.05) is 18.2 Å². The van der Waals surface area contributed by atoms with Crippen LogP contribution in [-0.4, -0.2) is 21.7 Å². The lowest BCUT2D eigenvalue weighted by Crippen LogP contribution is -1.90. The minimum absolute atomic E-state index is 0.237. The quantitative estimate of drug-likeness (QED) is 0.785. The number of aliphatic hydroxyl groups is 1. The summed E-state index contributed by atoms with van der Waals surface area (Å²) in [5.41, 5.74) is 1.81. The summed E-state index contributed by atoms with van der Waals surface area (Å²) in [6.45, 7) is 0.237. The van der Waals surface area contributed by atoms with Crippen molar-refractivity contribution in [1.82, 2.24) is 9.97 Å². The van der Waals surface area contributed by atoms with Gasteiger partial charge in [0.25, 0.3) is 0 Å². The molecule has 0 fully saturated rings. The first-order valence-corrected chi connectivity index (χ1v) is 5.43. The minimum atomic E-state index is 0.237. The number of nitrogens with one attached hydrogen (secondary N) is 1. The second-order valence-electron chi connectivity index (χ2n) is 3.50. The highest BCUT2D eigenvalue weighted by molar-refractivity contribution is 6.34. The molecule has 1 heterocycles. The summed E-state index contributed by atoms with van der Waals surface area (Å²) < 4.78 is 0. The van der Waals surface area contributed by atoms with Gasteiger partial charge in [0.15, 0.2) is 0 Å². The van der Waals surface area contributed by atoms with Crippen molar-refractivity contribution in [3.63, 3.8) is 0 Å². The molecule has 0 saturated carbocycles. The van der Waals surface area contributed by atoms with Crippen molar-refractivity contribution in [3.05, 3.63) is 29.0 Å². The average molecular weight is 225 g/mol. The van der Waals surface area contributed by atoms with Gasteiger partial charge in [0.1, 0.15) is 11.3 Å². The van der Waals surface area contributed by atoms with Crippen LogP contribution >= 0.6 is 11.6 Å². The highest BCUT2D eigenvalue weighted by atomic mass is 35.5. The first-order valence-electron chi connectivity index (χ1n) is 5.05. The number of rotatable bonds is 4. The van der Waals surface area contributed by atoms with Crippen molar-refractivity contribution in [1.29, 1.82) is 0 Å². The van der Waals surface area contributed by atoms with Crippen molar-refractivity contribution >= 4 is 22.6 Å². The molecule has 0 amide bonds. The Kier molecular flexibility index (Phi) is 3.23. The number of benzene rings is 1. The average Bonchev–Trinajstić information content (AvgIpc) is 2.63. The molecule has 2 rings (SSSR count).